The Hall–Kier alpha value is -11.8. The minimum absolute atomic E-state index is 0. The Balaban J connectivity index is 0.000000414. The molecule has 0 fully saturated rings. The van der Waals surface area contributed by atoms with Gasteiger partial charge in [-0.05, 0) is 131 Å². The van der Waals surface area contributed by atoms with E-state index < -0.39 is 101 Å². The van der Waals surface area contributed by atoms with Crippen molar-refractivity contribution >= 4 is 72.3 Å². The van der Waals surface area contributed by atoms with Gasteiger partial charge in [0.25, 0.3) is 10.3 Å². The van der Waals surface area contributed by atoms with E-state index in [9.17, 15) is 81.6 Å². The third kappa shape index (κ3) is 43.8. The molecule has 0 aliphatic rings. The van der Waals surface area contributed by atoms with Gasteiger partial charge in [-0.1, -0.05) is 130 Å². The van der Waals surface area contributed by atoms with Crippen molar-refractivity contribution in [3.63, 3.8) is 0 Å². The number of para-hydroxylation sites is 1. The smallest absolute Gasteiger partial charge is 0.417 e. The van der Waals surface area contributed by atoms with Gasteiger partial charge in [-0.25, -0.2) is 44.9 Å². The largest absolute Gasteiger partial charge is 0.540 e. The van der Waals surface area contributed by atoms with Gasteiger partial charge in [0.1, 0.15) is 18.5 Å². The molecular weight excluding hydrogens is 2900 g/mol. The summed E-state index contributed by atoms with van der Waals surface area (Å²) in [5, 5.41) is -0.414. The van der Waals surface area contributed by atoms with Crippen LogP contribution in [0.5, 0.6) is 5.75 Å². The van der Waals surface area contributed by atoms with Crippen LogP contribution in [0.25, 0.3) is 78.0 Å². The second-order valence-electron chi connectivity index (χ2n) is 28.7. The van der Waals surface area contributed by atoms with Crippen LogP contribution in [-0.2, 0) is 170 Å². The van der Waals surface area contributed by atoms with E-state index in [1.54, 1.807) is 69.7 Å². The molecule has 0 aliphatic carbocycles. The van der Waals surface area contributed by atoms with Crippen LogP contribution in [0.15, 0.2) is 342 Å². The maximum absolute atomic E-state index is 12.7. The molecule has 0 bridgehead atoms. The zero-order valence-electron chi connectivity index (χ0n) is 75.8. The van der Waals surface area contributed by atoms with Gasteiger partial charge in [0.05, 0.1) is 18.2 Å². The van der Waals surface area contributed by atoms with Gasteiger partial charge < -0.3 is 29.7 Å². The Morgan fingerprint density at radius 1 is 0.331 bits per heavy atom. The average molecular weight is 2980 g/mol. The zero-order valence-corrected chi connectivity index (χ0v) is 91.8. The van der Waals surface area contributed by atoms with E-state index in [1.165, 1.54) is 60.0 Å². The number of aryl methyl sites for hydroxylation is 2. The van der Waals surface area contributed by atoms with Crippen LogP contribution < -0.4 is 4.74 Å². The van der Waals surface area contributed by atoms with Crippen molar-refractivity contribution in [3.8, 4) is 62.0 Å². The number of rotatable bonds is 13. The van der Waals surface area contributed by atoms with Gasteiger partial charge in [-0.15, -0.1) is 161 Å². The van der Waals surface area contributed by atoms with Crippen LogP contribution in [-0.4, -0.2) is 142 Å². The number of alkyl halides is 9. The van der Waals surface area contributed by atoms with Crippen LogP contribution in [0.3, 0.4) is 0 Å². The van der Waals surface area contributed by atoms with E-state index >= 15 is 0 Å². The zero-order chi connectivity index (χ0) is 103. The fourth-order valence-corrected chi connectivity index (χ4v) is 13.2. The molecule has 17 aromatic rings. The Morgan fingerprint density at radius 2 is 0.779 bits per heavy atom. The Labute approximate surface area is 896 Å². The molecule has 30 nitrogen and oxygen atoms in total. The van der Waals surface area contributed by atoms with Gasteiger partial charge in [-0.3, -0.25) is 22.8 Å². The first-order valence-corrected chi connectivity index (χ1v) is 47.4. The predicted molar refractivity (Wildman–Crippen MR) is 498 cm³/mol. The van der Waals surface area contributed by atoms with Gasteiger partial charge in [-0.2, -0.15) is 81.6 Å². The van der Waals surface area contributed by atoms with Crippen molar-refractivity contribution in [1.29, 1.82) is 0 Å². The average Bonchev–Trinajstić information content (AvgIpc) is 0.792. The van der Waals surface area contributed by atoms with Gasteiger partial charge in [0, 0.05) is 172 Å². The van der Waals surface area contributed by atoms with Crippen LogP contribution in [0, 0.1) is 44.2 Å². The molecule has 7 aromatic carbocycles. The first-order chi connectivity index (χ1) is 65.9. The van der Waals surface area contributed by atoms with Crippen molar-refractivity contribution < 1.29 is 210 Å². The first kappa shape index (κ1) is 127. The van der Waals surface area contributed by atoms with E-state index in [0.717, 1.165) is 79.6 Å². The summed E-state index contributed by atoms with van der Waals surface area (Å²) in [5.74, 6) is 2.21. The molecule has 5 radical (unpaired) electrons. The van der Waals surface area contributed by atoms with Crippen molar-refractivity contribution in [2.24, 2.45) is 0 Å². The monoisotopic (exact) mass is 2980 g/mol. The molecule has 145 heavy (non-hydrogen) atoms. The summed E-state index contributed by atoms with van der Waals surface area (Å²) in [6.07, 6.45) is -0.787. The number of hydrogen-bond acceptors (Lipinski definition) is 25. The van der Waals surface area contributed by atoms with E-state index in [2.05, 4.69) is 146 Å². The van der Waals surface area contributed by atoms with Crippen LogP contribution in [0.4, 0.5) is 39.5 Å². The van der Waals surface area contributed by atoms with Crippen molar-refractivity contribution in [1.82, 2.24) is 69.8 Å². The summed E-state index contributed by atoms with van der Waals surface area (Å²) in [6, 6.07) is 86.7. The summed E-state index contributed by atoms with van der Waals surface area (Å²) in [5.41, 5.74) is 7.36. The standard InChI is InChI=1S/2C14H14N.C13H6F6N.C12H10NO.C11H8N.C9H7NO3S.C8H6N2O3S.C6H4F3NO3S.C6H8N2O3S.C3H3N3O3S.5Ir/c1-11(2)12-6-5-7-13(10-12)14-8-3-4-9-15-14;1-11(2)13-8-9-15-14(10-13)12-6-4-3-5-7-12;14-12(15,16)9-5-8(11-3-1-2-4-20-11)6-10(7-9)13(17,18)19;1-14-11-7-5-10(6-8-11)12-4-2-3-9-13-12;1-2-6-10(7-3-1)11-8-4-5-9-12-11;11-14(12,13)9-5-7-3-1-2-4-8(7)6-10-9;11-14(12,13)8-9-5-6-3-1-2-4-7(6)10-8;7-6(8,9)4-1-2-5(10-3-4)14(11,12)13;1-4-3-6(12(9,10)11)8-5(2)7-4;7-10(8,9)3-5-1-4-2-6-3;;;;;/h2*3-6,8-11H,1-2H3;1-5,7H;2-5,7-9H,1H3;1-6,8-9H;1-6H,(H,11,12,13);1-5H,(H,11,12,13);1-3H,(H,11,12,13);3H,1-2H3,(H,9,10,11);1-2H,(H,7,8,9);;;;;/q5*-1;;;;;;;;;;. The molecule has 0 aliphatic heterocycles. The number of nitrogens with zero attached hydrogens (tertiary/aromatic N) is 14. The number of aromatic nitrogens is 14. The minimum atomic E-state index is -4.91. The summed E-state index contributed by atoms with van der Waals surface area (Å²) < 4.78 is 265. The molecule has 49 heteroatoms. The van der Waals surface area contributed by atoms with E-state index in [1.807, 2.05) is 158 Å². The molecule has 0 spiro atoms. The third-order valence-electron chi connectivity index (χ3n) is 17.7. The van der Waals surface area contributed by atoms with E-state index in [4.69, 9.17) is 27.5 Å². The maximum Gasteiger partial charge on any atom is 0.417 e. The number of pyridine rings is 7. The minimum Gasteiger partial charge on any atom is -0.540 e. The second kappa shape index (κ2) is 59.8. The fraction of sp³-hybridized carbons (Fsp3) is 0.125. The van der Waals surface area contributed by atoms with E-state index in [-0.39, 0.29) is 128 Å². The third-order valence-corrected chi connectivity index (χ3v) is 21.3. The van der Waals surface area contributed by atoms with Crippen LogP contribution in [0.2, 0.25) is 0 Å². The summed E-state index contributed by atoms with van der Waals surface area (Å²) >= 11 is 0. The number of halogens is 9. The predicted octanol–water partition coefficient (Wildman–Crippen LogP) is 20.2. The van der Waals surface area contributed by atoms with Crippen molar-refractivity contribution in [2.75, 3.05) is 7.11 Å². The molecule has 773 valence electrons. The Morgan fingerprint density at radius 3 is 1.21 bits per heavy atom. The molecule has 10 aromatic heterocycles. The van der Waals surface area contributed by atoms with Crippen LogP contribution in [0.1, 0.15) is 78.9 Å². The molecule has 0 atom stereocenters. The number of ether oxygens (including phenoxy) is 1. The first-order valence-electron chi connectivity index (χ1n) is 40.2. The topological polar surface area (TPSA) is 462 Å². The normalized spacial score (nSPS) is 10.9. The fourth-order valence-electron chi connectivity index (χ4n) is 11.0. The number of fused-ring (bicyclic) bond motifs is 2. The number of benzene rings is 7. The Kier molecular flexibility index (Phi) is 52.5. The molecule has 0 saturated carbocycles. The number of methoxy groups -OCH3 is 1. The maximum atomic E-state index is 12.7. The molecule has 0 saturated heterocycles. The summed E-state index contributed by atoms with van der Waals surface area (Å²) in [6.45, 7) is 11.9. The summed E-state index contributed by atoms with van der Waals surface area (Å²) in [4.78, 5) is 51.8. The van der Waals surface area contributed by atoms with Gasteiger partial charge in [0.15, 0.2) is 15.1 Å². The SMILES string of the molecule is CC(C)c1cc[c-]c(-c2ccccn2)c1.CC(C)c1ccnc(-c2[c-]cccc2)c1.COc1c[c-]c(-c2ccccn2)cc1.Cc1cc(S(=O)(=O)O)nc(C)n1.FC(F)(F)c1[c-]c(-c2ccccn2)cc(C(F)(F)F)c1.O=S(=O)(O)c1cc2ccccc2cn1.O=S(=O)(O)c1ccc(C(F)(F)F)cn1.O=S(=O)(O)c1ncc2ccccc2n1.O=S(=O)(O)c1ncncn1.[Ir].[Ir].[Ir].[Ir].[Ir].[c-]1ccccc1-c1ccccn1. The Bertz CT molecular complexity index is 7220. The van der Waals surface area contributed by atoms with Crippen LogP contribution >= 0.6 is 0 Å². The second-order valence-corrected chi connectivity index (χ2v) is 35.5. The molecule has 5 N–H and O–H groups in total. The van der Waals surface area contributed by atoms with Crippen molar-refractivity contribution in [3.05, 3.63) is 387 Å². The molecule has 10 heterocycles. The molecule has 0 unspecified atom stereocenters. The van der Waals surface area contributed by atoms with Gasteiger partial charge >= 0.3 is 69.1 Å². The van der Waals surface area contributed by atoms with E-state index in [0.29, 0.717) is 53.3 Å². The molecule has 0 amide bonds. The summed E-state index contributed by atoms with van der Waals surface area (Å²) in [7, 11) is -19.9. The van der Waals surface area contributed by atoms with Gasteiger partial charge in [0.2, 0.25) is 0 Å². The molecular formula is C96H80F9Ir5N14O16S5-5. The quantitative estimate of drug-likeness (QED) is 0.0235. The van der Waals surface area contributed by atoms with Crippen molar-refractivity contribution in [2.45, 2.75) is 97.3 Å². The molecule has 17 rings (SSSR count). The number of hydrogen-bond donors (Lipinski definition) is 5.